The number of rotatable bonds is 7. The van der Waals surface area contributed by atoms with Crippen LogP contribution in [-0.4, -0.2) is 24.1 Å². The van der Waals surface area contributed by atoms with Gasteiger partial charge in [-0.2, -0.15) is 5.90 Å². The molecule has 0 spiro atoms. The molecule has 3 aliphatic rings. The molecular weight excluding hydrogens is 445 g/mol. The zero-order valence-electron chi connectivity index (χ0n) is 19.2. The maximum Gasteiger partial charge on any atom is 0.426 e. The fourth-order valence-corrected chi connectivity index (χ4v) is 4.55. The summed E-state index contributed by atoms with van der Waals surface area (Å²) < 4.78 is 14.6. The summed E-state index contributed by atoms with van der Waals surface area (Å²) in [5, 5.41) is 2.47. The van der Waals surface area contributed by atoms with Crippen LogP contribution in [0.4, 0.5) is 9.18 Å². The molecule has 0 bridgehead atoms. The zero-order valence-corrected chi connectivity index (χ0v) is 19.2. The maximum atomic E-state index is 14.6. The summed E-state index contributed by atoms with van der Waals surface area (Å²) in [7, 11) is 0. The standard InChI is InChI=1S/C28H26FN3O3/c29-23-13-20(21-14-25(31-17-21)18-7-8-18)12-22(15-23)28(10-11-28)9-3-6-26(33)24-5-2-1-4-19(24)16-32-27(34)35-30/h1-2,4-5,12-15,17-18,25H,7-11,16,30H2,(H,32,34). The normalized spacial score (nSPS) is 19.4. The predicted octanol–water partition coefficient (Wildman–Crippen LogP) is 4.48. The minimum absolute atomic E-state index is 0.0936. The third-order valence-electron chi connectivity index (χ3n) is 6.96. The van der Waals surface area contributed by atoms with Crippen LogP contribution in [0.15, 0.2) is 53.5 Å². The Hall–Kier alpha value is -3.76. The van der Waals surface area contributed by atoms with E-state index in [-0.39, 0.29) is 29.6 Å². The monoisotopic (exact) mass is 471 g/mol. The molecule has 2 aromatic rings. The van der Waals surface area contributed by atoms with Crippen LogP contribution in [0, 0.1) is 23.6 Å². The Kier molecular flexibility index (Phi) is 6.23. The molecule has 1 heterocycles. The lowest BCUT2D eigenvalue weighted by molar-refractivity contribution is 0.105. The highest BCUT2D eigenvalue weighted by atomic mass is 19.1. The van der Waals surface area contributed by atoms with Gasteiger partial charge in [0.1, 0.15) is 5.82 Å². The largest absolute Gasteiger partial charge is 0.426 e. The van der Waals surface area contributed by atoms with Crippen LogP contribution in [-0.2, 0) is 16.8 Å². The molecule has 1 aliphatic heterocycles. The summed E-state index contributed by atoms with van der Waals surface area (Å²) in [6.07, 6.45) is 7.92. The molecule has 3 N–H and O–H groups in total. The van der Waals surface area contributed by atoms with Crippen LogP contribution in [0.2, 0.25) is 0 Å². The van der Waals surface area contributed by atoms with E-state index in [1.807, 2.05) is 12.3 Å². The number of allylic oxidation sites excluding steroid dienone is 1. The van der Waals surface area contributed by atoms with Crippen LogP contribution in [0.3, 0.4) is 0 Å². The molecule has 0 aromatic heterocycles. The van der Waals surface area contributed by atoms with Gasteiger partial charge in [0.15, 0.2) is 0 Å². The minimum atomic E-state index is -0.786. The van der Waals surface area contributed by atoms with Crippen molar-refractivity contribution in [2.24, 2.45) is 16.8 Å². The first-order valence-corrected chi connectivity index (χ1v) is 11.8. The van der Waals surface area contributed by atoms with Gasteiger partial charge in [0, 0.05) is 30.2 Å². The van der Waals surface area contributed by atoms with E-state index in [1.165, 1.54) is 12.8 Å². The highest BCUT2D eigenvalue weighted by molar-refractivity contribution is 6.12. The van der Waals surface area contributed by atoms with Crippen molar-refractivity contribution in [1.29, 1.82) is 0 Å². The van der Waals surface area contributed by atoms with Gasteiger partial charge in [-0.1, -0.05) is 42.3 Å². The summed E-state index contributed by atoms with van der Waals surface area (Å²) in [5.41, 5.74) is 3.53. The first-order chi connectivity index (χ1) is 17.0. The van der Waals surface area contributed by atoms with Gasteiger partial charge in [-0.25, -0.2) is 9.18 Å². The highest BCUT2D eigenvalue weighted by Gasteiger charge is 2.44. The van der Waals surface area contributed by atoms with Gasteiger partial charge in [-0.05, 0) is 71.9 Å². The van der Waals surface area contributed by atoms with Crippen molar-refractivity contribution in [2.45, 2.75) is 50.1 Å². The molecule has 6 nitrogen and oxygen atoms in total. The number of nitrogens with zero attached hydrogens (tertiary/aromatic N) is 1. The Morgan fingerprint density at radius 1 is 1.20 bits per heavy atom. The number of carbonyl (C=O) groups is 2. The van der Waals surface area contributed by atoms with Crippen LogP contribution in [0.25, 0.3) is 5.57 Å². The van der Waals surface area contributed by atoms with Crippen LogP contribution in [0.5, 0.6) is 0 Å². The molecule has 7 heteroatoms. The summed E-state index contributed by atoms with van der Waals surface area (Å²) in [5.74, 6) is 10.6. The number of nitrogens with two attached hydrogens (primary N) is 1. The number of amides is 1. The van der Waals surface area contributed by atoms with Gasteiger partial charge in [-0.15, -0.1) is 0 Å². The van der Waals surface area contributed by atoms with Gasteiger partial charge in [-0.3, -0.25) is 9.79 Å². The van der Waals surface area contributed by atoms with E-state index in [0.29, 0.717) is 23.5 Å². The predicted molar refractivity (Wildman–Crippen MR) is 131 cm³/mol. The SMILES string of the molecule is NOC(=O)NCc1ccccc1C(=O)C#CCC1(c2cc(F)cc(C3=CC(C4CC4)N=C3)c2)CC1. The molecule has 0 saturated heterocycles. The number of nitrogens with one attached hydrogen (secondary N) is 1. The van der Waals surface area contributed by atoms with Crippen molar-refractivity contribution < 1.29 is 18.8 Å². The summed E-state index contributed by atoms with van der Waals surface area (Å²) in [6, 6.07) is 12.3. The number of ketones is 1. The molecule has 2 saturated carbocycles. The number of halogens is 1. The molecule has 1 amide bonds. The second-order valence-corrected chi connectivity index (χ2v) is 9.46. The molecule has 35 heavy (non-hydrogen) atoms. The van der Waals surface area contributed by atoms with E-state index in [0.717, 1.165) is 29.5 Å². The number of hydrogen-bond acceptors (Lipinski definition) is 5. The van der Waals surface area contributed by atoms with Crippen molar-refractivity contribution >= 4 is 23.7 Å². The molecule has 5 rings (SSSR count). The number of carbonyl (C=O) groups excluding carboxylic acids is 2. The van der Waals surface area contributed by atoms with Gasteiger partial charge in [0.05, 0.1) is 6.04 Å². The molecular formula is C28H26FN3O3. The molecule has 178 valence electrons. The molecule has 1 unspecified atom stereocenters. The Balaban J connectivity index is 1.30. The van der Waals surface area contributed by atoms with Crippen molar-refractivity contribution in [3.63, 3.8) is 0 Å². The Labute approximate surface area is 203 Å². The first kappa shape index (κ1) is 23.0. The average molecular weight is 472 g/mol. The number of benzene rings is 2. The number of Topliss-reactive ketones (excluding diaryl/α,β-unsaturated/α-hetero) is 1. The van der Waals surface area contributed by atoms with Gasteiger partial charge in [0.2, 0.25) is 5.78 Å². The third kappa shape index (κ3) is 5.18. The fraction of sp³-hybridized carbons (Fsp3) is 0.321. The van der Waals surface area contributed by atoms with Crippen molar-refractivity contribution in [3.05, 3.63) is 76.6 Å². The molecule has 2 aliphatic carbocycles. The lowest BCUT2D eigenvalue weighted by Crippen LogP contribution is -2.26. The summed E-state index contributed by atoms with van der Waals surface area (Å²) in [4.78, 5) is 32.7. The highest BCUT2D eigenvalue weighted by Crippen LogP contribution is 2.51. The van der Waals surface area contributed by atoms with E-state index >= 15 is 0 Å². The summed E-state index contributed by atoms with van der Waals surface area (Å²) >= 11 is 0. The van der Waals surface area contributed by atoms with Crippen molar-refractivity contribution in [3.8, 4) is 11.8 Å². The second-order valence-electron chi connectivity index (χ2n) is 9.46. The van der Waals surface area contributed by atoms with E-state index in [9.17, 15) is 14.0 Å². The number of aliphatic imine (C=N–C) groups is 1. The Morgan fingerprint density at radius 3 is 2.74 bits per heavy atom. The minimum Gasteiger partial charge on any atom is -0.357 e. The zero-order chi connectivity index (χ0) is 24.4. The van der Waals surface area contributed by atoms with E-state index in [2.05, 4.69) is 33.1 Å². The van der Waals surface area contributed by atoms with Crippen LogP contribution in [0.1, 0.15) is 59.2 Å². The van der Waals surface area contributed by atoms with Gasteiger partial charge < -0.3 is 10.2 Å². The van der Waals surface area contributed by atoms with E-state index in [4.69, 9.17) is 5.90 Å². The summed E-state index contributed by atoms with van der Waals surface area (Å²) in [6.45, 7) is 0.0936. The molecule has 2 aromatic carbocycles. The fourth-order valence-electron chi connectivity index (χ4n) is 4.55. The second kappa shape index (κ2) is 9.47. The Morgan fingerprint density at radius 2 is 2.00 bits per heavy atom. The van der Waals surface area contributed by atoms with E-state index in [1.54, 1.807) is 36.4 Å². The van der Waals surface area contributed by atoms with E-state index < -0.39 is 6.09 Å². The Bertz CT molecular complexity index is 1300. The van der Waals surface area contributed by atoms with Crippen molar-refractivity contribution in [1.82, 2.24) is 5.32 Å². The topological polar surface area (TPSA) is 93.8 Å². The first-order valence-electron chi connectivity index (χ1n) is 11.8. The quantitative estimate of drug-likeness (QED) is 0.269. The smallest absolute Gasteiger partial charge is 0.357 e. The van der Waals surface area contributed by atoms with Crippen LogP contribution < -0.4 is 11.2 Å². The molecule has 1 atom stereocenters. The lowest BCUT2D eigenvalue weighted by atomic mass is 9.89. The van der Waals surface area contributed by atoms with Crippen molar-refractivity contribution in [2.75, 3.05) is 0 Å². The maximum absolute atomic E-state index is 14.6. The lowest BCUT2D eigenvalue weighted by Gasteiger charge is -2.14. The van der Waals surface area contributed by atoms with Gasteiger partial charge in [0.25, 0.3) is 0 Å². The number of hydrogen-bond donors (Lipinski definition) is 2. The molecule has 0 radical (unpaired) electrons. The van der Waals surface area contributed by atoms with Crippen LogP contribution >= 0.6 is 0 Å². The third-order valence-corrected chi connectivity index (χ3v) is 6.96. The van der Waals surface area contributed by atoms with Gasteiger partial charge >= 0.3 is 6.09 Å². The molecule has 2 fully saturated rings. The average Bonchev–Trinajstić information content (AvgIpc) is 3.81.